The second-order valence-electron chi connectivity index (χ2n) is 11.0. The van der Waals surface area contributed by atoms with Gasteiger partial charge in [0.1, 0.15) is 11.3 Å². The van der Waals surface area contributed by atoms with E-state index < -0.39 is 0 Å². The third-order valence-electron chi connectivity index (χ3n) is 8.58. The summed E-state index contributed by atoms with van der Waals surface area (Å²) in [4.78, 5) is 32.4. The number of aromatic amines is 1. The molecule has 0 aromatic carbocycles. The molecular formula is C27H34N8O. The lowest BCUT2D eigenvalue weighted by Gasteiger charge is -2.33. The van der Waals surface area contributed by atoms with Crippen LogP contribution in [0, 0.1) is 11.8 Å². The molecule has 2 saturated carbocycles. The van der Waals surface area contributed by atoms with Crippen LogP contribution in [0.2, 0.25) is 0 Å². The average molecular weight is 487 g/mol. The second-order valence-corrected chi connectivity index (χ2v) is 11.0. The Morgan fingerprint density at radius 1 is 1.06 bits per heavy atom. The number of piperidine rings is 1. The Hall–Kier alpha value is -3.04. The number of hydrogen-bond donors (Lipinski definition) is 4. The molecule has 0 bridgehead atoms. The summed E-state index contributed by atoms with van der Waals surface area (Å²) in [7, 11) is 0. The van der Waals surface area contributed by atoms with Crippen LogP contribution in [-0.2, 0) is 4.79 Å². The largest absolute Gasteiger partial charge is 0.370 e. The lowest BCUT2D eigenvalue weighted by Crippen LogP contribution is -2.34. The van der Waals surface area contributed by atoms with Gasteiger partial charge in [-0.2, -0.15) is 0 Å². The summed E-state index contributed by atoms with van der Waals surface area (Å²) in [5.41, 5.74) is 12.2. The smallest absolute Gasteiger partial charge is 0.227 e. The topological polar surface area (TPSA) is 111 Å². The van der Waals surface area contributed by atoms with E-state index in [-0.39, 0.29) is 17.9 Å². The third kappa shape index (κ3) is 4.14. The number of carbonyl (C=O) groups is 1. The number of anilines is 2. The van der Waals surface area contributed by atoms with Crippen LogP contribution in [0.1, 0.15) is 74.7 Å². The van der Waals surface area contributed by atoms with Gasteiger partial charge in [0.05, 0.1) is 23.6 Å². The summed E-state index contributed by atoms with van der Waals surface area (Å²) in [5, 5.41) is 3.06. The van der Waals surface area contributed by atoms with Crippen LogP contribution < -0.4 is 21.1 Å². The summed E-state index contributed by atoms with van der Waals surface area (Å²) in [6.45, 7) is 2.19. The molecular weight excluding hydrogens is 452 g/mol. The molecule has 0 spiro atoms. The van der Waals surface area contributed by atoms with E-state index in [0.717, 1.165) is 67.9 Å². The van der Waals surface area contributed by atoms with E-state index >= 15 is 0 Å². The Bertz CT molecular complexity index is 1260. The molecule has 4 unspecified atom stereocenters. The number of nitrogens with one attached hydrogen (secondary N) is 4. The molecule has 2 aliphatic carbocycles. The van der Waals surface area contributed by atoms with Crippen molar-refractivity contribution in [2.75, 3.05) is 23.3 Å². The first-order chi connectivity index (χ1) is 17.7. The van der Waals surface area contributed by atoms with Crippen LogP contribution in [0.5, 0.6) is 0 Å². The normalized spacial score (nSPS) is 28.3. The van der Waals surface area contributed by atoms with Gasteiger partial charge in [0.15, 0.2) is 5.65 Å². The Morgan fingerprint density at radius 2 is 1.94 bits per heavy atom. The average Bonchev–Trinajstić information content (AvgIpc) is 3.55. The van der Waals surface area contributed by atoms with Gasteiger partial charge in [0, 0.05) is 37.4 Å². The number of nitrogens with zero attached hydrogens (tertiary/aromatic N) is 4. The monoisotopic (exact) mass is 486 g/mol. The first kappa shape index (κ1) is 22.2. The van der Waals surface area contributed by atoms with Crippen molar-refractivity contribution in [3.05, 3.63) is 42.1 Å². The van der Waals surface area contributed by atoms with Gasteiger partial charge < -0.3 is 15.2 Å². The number of imidazole rings is 1. The van der Waals surface area contributed by atoms with Crippen LogP contribution in [-0.4, -0.2) is 45.0 Å². The summed E-state index contributed by atoms with van der Waals surface area (Å²) >= 11 is 0. The van der Waals surface area contributed by atoms with Crippen molar-refractivity contribution in [1.29, 1.82) is 0 Å². The summed E-state index contributed by atoms with van der Waals surface area (Å²) in [6.07, 6.45) is 14.7. The molecule has 4 aliphatic rings. The fourth-order valence-corrected chi connectivity index (χ4v) is 6.43. The van der Waals surface area contributed by atoms with Gasteiger partial charge in [-0.25, -0.2) is 15.4 Å². The van der Waals surface area contributed by atoms with Crippen molar-refractivity contribution in [2.45, 2.75) is 69.4 Å². The van der Waals surface area contributed by atoms with Gasteiger partial charge in [0.25, 0.3) is 0 Å². The van der Waals surface area contributed by atoms with Gasteiger partial charge in [-0.15, -0.1) is 0 Å². The predicted octanol–water partition coefficient (Wildman–Crippen LogP) is 3.79. The molecule has 3 aromatic heterocycles. The Morgan fingerprint density at radius 3 is 2.81 bits per heavy atom. The molecule has 7 rings (SSSR count). The highest BCUT2D eigenvalue weighted by atomic mass is 16.2. The van der Waals surface area contributed by atoms with Crippen LogP contribution in [0.25, 0.3) is 11.2 Å². The number of aromatic nitrogens is 4. The van der Waals surface area contributed by atoms with Crippen LogP contribution in [0.15, 0.2) is 30.7 Å². The molecule has 36 heavy (non-hydrogen) atoms. The van der Waals surface area contributed by atoms with Gasteiger partial charge >= 0.3 is 0 Å². The van der Waals surface area contributed by atoms with E-state index in [2.05, 4.69) is 48.2 Å². The third-order valence-corrected chi connectivity index (χ3v) is 8.58. The molecule has 2 saturated heterocycles. The van der Waals surface area contributed by atoms with Crippen molar-refractivity contribution in [2.24, 2.45) is 11.8 Å². The number of pyridine rings is 2. The lowest BCUT2D eigenvalue weighted by molar-refractivity contribution is -0.117. The molecule has 3 aromatic rings. The first-order valence-electron chi connectivity index (χ1n) is 13.6. The Balaban J connectivity index is 1.12. The minimum atomic E-state index is 0.104. The van der Waals surface area contributed by atoms with E-state index in [4.69, 9.17) is 4.98 Å². The van der Waals surface area contributed by atoms with Crippen molar-refractivity contribution in [3.63, 3.8) is 0 Å². The minimum Gasteiger partial charge on any atom is -0.370 e. The van der Waals surface area contributed by atoms with Gasteiger partial charge in [-0.05, 0) is 80.9 Å². The second kappa shape index (κ2) is 9.12. The SMILES string of the molecule is O=C(Nc1cncc(C2CCC3NNC(c4nc5nccc(N6CCCCC6)c5[nH]4)C3C2)c1)C1CC1. The number of amides is 1. The number of hydrazine groups is 1. The number of H-pyrrole nitrogens is 1. The molecule has 188 valence electrons. The lowest BCUT2D eigenvalue weighted by atomic mass is 9.73. The fraction of sp³-hybridized carbons (Fsp3) is 0.556. The van der Waals surface area contributed by atoms with E-state index in [1.807, 2.05) is 12.4 Å². The molecule has 9 heteroatoms. The summed E-state index contributed by atoms with van der Waals surface area (Å²) in [6, 6.07) is 4.77. The maximum absolute atomic E-state index is 12.2. The highest BCUT2D eigenvalue weighted by Gasteiger charge is 2.43. The van der Waals surface area contributed by atoms with Gasteiger partial charge in [0.2, 0.25) is 5.91 Å². The molecule has 5 heterocycles. The Labute approximate surface area is 210 Å². The van der Waals surface area contributed by atoms with Crippen molar-refractivity contribution < 1.29 is 4.79 Å². The van der Waals surface area contributed by atoms with Crippen LogP contribution in [0.3, 0.4) is 0 Å². The highest BCUT2D eigenvalue weighted by Crippen LogP contribution is 2.44. The van der Waals surface area contributed by atoms with Crippen LogP contribution >= 0.6 is 0 Å². The molecule has 1 amide bonds. The van der Waals surface area contributed by atoms with Crippen molar-refractivity contribution in [3.8, 4) is 0 Å². The number of carbonyl (C=O) groups excluding carboxylic acids is 1. The standard InChI is InChI=1S/C27H34N8O/c36-27(16-4-5-16)30-19-12-18(14-28-15-19)17-6-7-21-20(13-17)23(34-33-21)26-31-24-22(8-9-29-25(24)32-26)35-10-2-1-3-11-35/h8-9,12,14-17,20-21,23,33-34H,1-7,10-11,13H2,(H,30,36)(H,29,31,32). The molecule has 4 N–H and O–H groups in total. The maximum Gasteiger partial charge on any atom is 0.227 e. The molecule has 0 radical (unpaired) electrons. The zero-order chi connectivity index (χ0) is 24.1. The number of hydrogen-bond acceptors (Lipinski definition) is 7. The number of fused-ring (bicyclic) bond motifs is 2. The predicted molar refractivity (Wildman–Crippen MR) is 138 cm³/mol. The van der Waals surface area contributed by atoms with Crippen molar-refractivity contribution >= 4 is 28.4 Å². The molecule has 2 aliphatic heterocycles. The molecule has 4 atom stereocenters. The number of rotatable bonds is 5. The minimum absolute atomic E-state index is 0.104. The van der Waals surface area contributed by atoms with Gasteiger partial charge in [-0.1, -0.05) is 0 Å². The zero-order valence-corrected chi connectivity index (χ0v) is 20.5. The van der Waals surface area contributed by atoms with E-state index in [9.17, 15) is 4.79 Å². The zero-order valence-electron chi connectivity index (χ0n) is 20.5. The van der Waals surface area contributed by atoms with E-state index in [1.54, 1.807) is 6.20 Å². The Kier molecular flexibility index (Phi) is 5.62. The van der Waals surface area contributed by atoms with Gasteiger partial charge in [-0.3, -0.25) is 15.2 Å². The van der Waals surface area contributed by atoms with E-state index in [1.165, 1.54) is 30.5 Å². The quantitative estimate of drug-likeness (QED) is 0.434. The fourth-order valence-electron chi connectivity index (χ4n) is 6.43. The summed E-state index contributed by atoms with van der Waals surface area (Å²) < 4.78 is 0. The summed E-state index contributed by atoms with van der Waals surface area (Å²) in [5.74, 6) is 2.10. The molecule has 9 nitrogen and oxygen atoms in total. The maximum atomic E-state index is 12.2. The molecule has 4 fully saturated rings. The first-order valence-corrected chi connectivity index (χ1v) is 13.6. The van der Waals surface area contributed by atoms with Crippen molar-refractivity contribution in [1.82, 2.24) is 30.8 Å². The highest BCUT2D eigenvalue weighted by molar-refractivity contribution is 5.94. The van der Waals surface area contributed by atoms with E-state index in [0.29, 0.717) is 17.9 Å². The van der Waals surface area contributed by atoms with Crippen LogP contribution in [0.4, 0.5) is 11.4 Å².